The molecule has 164 valence electrons. The minimum absolute atomic E-state index is 0.132. The molecule has 0 aliphatic rings. The van der Waals surface area contributed by atoms with Gasteiger partial charge in [-0.2, -0.15) is 4.98 Å². The lowest BCUT2D eigenvalue weighted by Crippen LogP contribution is -2.02. The molecule has 0 aliphatic heterocycles. The van der Waals surface area contributed by atoms with Crippen molar-refractivity contribution in [1.29, 1.82) is 0 Å². The van der Waals surface area contributed by atoms with Crippen LogP contribution in [0, 0.1) is 13.8 Å². The fourth-order valence-corrected chi connectivity index (χ4v) is 4.26. The molecule has 0 unspecified atom stereocenters. The minimum Gasteiger partial charge on any atom is -0.338 e. The normalized spacial score (nSPS) is 12.1. The molecule has 4 heterocycles. The third-order valence-corrected chi connectivity index (χ3v) is 6.36. The molecule has 1 atom stereocenters. The van der Waals surface area contributed by atoms with Crippen molar-refractivity contribution in [2.24, 2.45) is 0 Å². The van der Waals surface area contributed by atoms with Crippen LogP contribution in [0.15, 0.2) is 76.9 Å². The van der Waals surface area contributed by atoms with Crippen LogP contribution in [0.2, 0.25) is 0 Å². The molecule has 1 aromatic carbocycles. The summed E-state index contributed by atoms with van der Waals surface area (Å²) < 4.78 is 7.62. The lowest BCUT2D eigenvalue weighted by Gasteiger charge is -2.13. The van der Waals surface area contributed by atoms with Gasteiger partial charge < -0.3 is 4.52 Å². The quantitative estimate of drug-likeness (QED) is 0.321. The Bertz CT molecular complexity index is 1380. The molecule has 5 rings (SSSR count). The van der Waals surface area contributed by atoms with Crippen LogP contribution >= 0.6 is 11.8 Å². The van der Waals surface area contributed by atoms with Gasteiger partial charge in [0.25, 0.3) is 0 Å². The average molecular weight is 456 g/mol. The monoisotopic (exact) mass is 455 g/mol. The maximum absolute atomic E-state index is 5.56. The molecule has 0 saturated carbocycles. The fraction of sp³-hybridized carbons (Fsp3) is 0.167. The predicted octanol–water partition coefficient (Wildman–Crippen LogP) is 5.24. The third-order valence-electron chi connectivity index (χ3n) is 5.33. The van der Waals surface area contributed by atoms with Crippen molar-refractivity contribution >= 4 is 11.8 Å². The number of hydrogen-bond donors (Lipinski definition) is 0. The molecule has 0 spiro atoms. The first-order valence-electron chi connectivity index (χ1n) is 10.4. The number of benzene rings is 1. The Labute approximate surface area is 195 Å². The zero-order valence-corrected chi connectivity index (χ0v) is 19.2. The highest BCUT2D eigenvalue weighted by molar-refractivity contribution is 7.99. The van der Waals surface area contributed by atoms with Gasteiger partial charge in [-0.3, -0.25) is 14.5 Å². The first kappa shape index (κ1) is 21.0. The number of pyridine rings is 2. The largest absolute Gasteiger partial charge is 0.338 e. The van der Waals surface area contributed by atoms with E-state index < -0.39 is 0 Å². The van der Waals surface area contributed by atoms with Gasteiger partial charge in [-0.1, -0.05) is 23.0 Å². The Morgan fingerprint density at radius 2 is 1.55 bits per heavy atom. The van der Waals surface area contributed by atoms with Crippen molar-refractivity contribution in [2.45, 2.75) is 31.2 Å². The van der Waals surface area contributed by atoms with Crippen LogP contribution < -0.4 is 0 Å². The van der Waals surface area contributed by atoms with E-state index in [1.165, 1.54) is 22.9 Å². The van der Waals surface area contributed by atoms with Crippen molar-refractivity contribution in [3.05, 3.63) is 84.3 Å². The van der Waals surface area contributed by atoms with Crippen molar-refractivity contribution < 1.29 is 4.52 Å². The van der Waals surface area contributed by atoms with Gasteiger partial charge in [0.15, 0.2) is 11.0 Å². The first-order valence-corrected chi connectivity index (χ1v) is 11.3. The second-order valence-corrected chi connectivity index (χ2v) is 8.91. The van der Waals surface area contributed by atoms with Crippen molar-refractivity contribution in [3.8, 4) is 28.5 Å². The number of aryl methyl sites for hydroxylation is 2. The SMILES string of the molecule is Cc1ccc(-n2c(S[C@@H](C)c3nc(-c4ccncc4)no3)nnc2-c2ccncc2)cc1C. The molecule has 4 aromatic heterocycles. The Hall–Kier alpha value is -3.85. The van der Waals surface area contributed by atoms with Crippen molar-refractivity contribution in [1.82, 2.24) is 34.9 Å². The van der Waals surface area contributed by atoms with E-state index in [0.29, 0.717) is 11.7 Å². The number of thioether (sulfide) groups is 1. The van der Waals surface area contributed by atoms with Gasteiger partial charge in [-0.15, -0.1) is 10.2 Å². The standard InChI is InChI=1S/C24H21N7OS/c1-15-4-5-20(14-16(15)2)31-22(19-8-12-26-13-9-19)28-29-24(31)33-17(3)23-27-21(30-32-23)18-6-10-25-11-7-18/h4-14,17H,1-3H3/t17-/m0/s1. The molecule has 33 heavy (non-hydrogen) atoms. The summed E-state index contributed by atoms with van der Waals surface area (Å²) in [4.78, 5) is 12.7. The predicted molar refractivity (Wildman–Crippen MR) is 126 cm³/mol. The molecule has 0 amide bonds. The van der Waals surface area contributed by atoms with E-state index in [9.17, 15) is 0 Å². The van der Waals surface area contributed by atoms with Crippen molar-refractivity contribution in [2.75, 3.05) is 0 Å². The molecule has 5 aromatic rings. The van der Waals surface area contributed by atoms with E-state index in [0.717, 1.165) is 27.8 Å². The van der Waals surface area contributed by atoms with E-state index in [2.05, 4.69) is 66.9 Å². The fourth-order valence-electron chi connectivity index (χ4n) is 3.36. The van der Waals surface area contributed by atoms with Crippen LogP contribution in [0.4, 0.5) is 0 Å². The van der Waals surface area contributed by atoms with Gasteiger partial charge in [0.1, 0.15) is 0 Å². The number of hydrogen-bond acceptors (Lipinski definition) is 8. The molecule has 0 saturated heterocycles. The summed E-state index contributed by atoms with van der Waals surface area (Å²) in [6.45, 7) is 6.21. The summed E-state index contributed by atoms with van der Waals surface area (Å²) in [6.07, 6.45) is 6.92. The number of rotatable bonds is 6. The van der Waals surface area contributed by atoms with E-state index in [4.69, 9.17) is 4.52 Å². The van der Waals surface area contributed by atoms with Crippen molar-refractivity contribution in [3.63, 3.8) is 0 Å². The summed E-state index contributed by atoms with van der Waals surface area (Å²) in [6, 6.07) is 13.9. The van der Waals surface area contributed by atoms with Gasteiger partial charge in [0.05, 0.1) is 10.9 Å². The zero-order valence-electron chi connectivity index (χ0n) is 18.4. The van der Waals surface area contributed by atoms with Crippen LogP contribution in [0.1, 0.15) is 29.2 Å². The summed E-state index contributed by atoms with van der Waals surface area (Å²) in [5.41, 5.74) is 5.22. The minimum atomic E-state index is -0.132. The van der Waals surface area contributed by atoms with Gasteiger partial charge in [0, 0.05) is 35.9 Å². The molecular formula is C24H21N7OS. The van der Waals surface area contributed by atoms with E-state index in [-0.39, 0.29) is 5.25 Å². The van der Waals surface area contributed by atoms with E-state index >= 15 is 0 Å². The van der Waals surface area contributed by atoms with Crippen LogP contribution in [-0.2, 0) is 0 Å². The summed E-state index contributed by atoms with van der Waals surface area (Å²) in [5, 5.41) is 13.7. The lowest BCUT2D eigenvalue weighted by atomic mass is 10.1. The van der Waals surface area contributed by atoms with Crippen LogP contribution in [0.5, 0.6) is 0 Å². The highest BCUT2D eigenvalue weighted by Gasteiger charge is 2.23. The lowest BCUT2D eigenvalue weighted by molar-refractivity contribution is 0.380. The molecular weight excluding hydrogens is 434 g/mol. The smallest absolute Gasteiger partial charge is 0.240 e. The topological polar surface area (TPSA) is 95.4 Å². The molecule has 0 radical (unpaired) electrons. The van der Waals surface area contributed by atoms with E-state index in [1.807, 2.05) is 31.2 Å². The van der Waals surface area contributed by atoms with Gasteiger partial charge in [-0.05, 0) is 68.3 Å². The first-order chi connectivity index (χ1) is 16.1. The maximum Gasteiger partial charge on any atom is 0.240 e. The molecule has 0 fully saturated rings. The molecule has 0 bridgehead atoms. The maximum atomic E-state index is 5.56. The van der Waals surface area contributed by atoms with Gasteiger partial charge in [0.2, 0.25) is 11.7 Å². The summed E-state index contributed by atoms with van der Waals surface area (Å²) in [7, 11) is 0. The Balaban J connectivity index is 1.51. The second kappa shape index (κ2) is 8.95. The third kappa shape index (κ3) is 4.27. The van der Waals surface area contributed by atoms with Crippen LogP contribution in [0.25, 0.3) is 28.5 Å². The van der Waals surface area contributed by atoms with Gasteiger partial charge in [-0.25, -0.2) is 0 Å². The van der Waals surface area contributed by atoms with Gasteiger partial charge >= 0.3 is 0 Å². The molecule has 8 nitrogen and oxygen atoms in total. The van der Waals surface area contributed by atoms with Crippen LogP contribution in [-0.4, -0.2) is 34.9 Å². The molecule has 0 N–H and O–H groups in total. The van der Waals surface area contributed by atoms with E-state index in [1.54, 1.807) is 24.8 Å². The Morgan fingerprint density at radius 3 is 2.24 bits per heavy atom. The summed E-state index contributed by atoms with van der Waals surface area (Å²) >= 11 is 1.52. The Morgan fingerprint density at radius 1 is 0.848 bits per heavy atom. The highest BCUT2D eigenvalue weighted by atomic mass is 32.2. The second-order valence-electron chi connectivity index (χ2n) is 7.60. The molecule has 0 aliphatic carbocycles. The summed E-state index contributed by atoms with van der Waals surface area (Å²) in [5.74, 6) is 1.80. The molecule has 9 heteroatoms. The van der Waals surface area contributed by atoms with Crippen LogP contribution in [0.3, 0.4) is 0 Å². The Kier molecular flexibility index (Phi) is 5.70. The average Bonchev–Trinajstić information content (AvgIpc) is 3.50. The number of aromatic nitrogens is 7. The number of nitrogens with zero attached hydrogens (tertiary/aromatic N) is 7. The zero-order chi connectivity index (χ0) is 22.8. The highest BCUT2D eigenvalue weighted by Crippen LogP contribution is 2.37.